The van der Waals surface area contributed by atoms with E-state index in [1.807, 2.05) is 27.7 Å². The van der Waals surface area contributed by atoms with Crippen LogP contribution >= 0.6 is 16.5 Å². The SMILES string of the molecule is CCC1(CC)CCCCCCCCC(CC)(CC)O[P+](=O)O[P+](=O)O1. The van der Waals surface area contributed by atoms with Crippen molar-refractivity contribution in [2.24, 2.45) is 0 Å². The average Bonchev–Trinajstić information content (AvgIpc) is 2.61. The summed E-state index contributed by atoms with van der Waals surface area (Å²) >= 11 is 0. The fourth-order valence-electron chi connectivity index (χ4n) is 3.56. The van der Waals surface area contributed by atoms with E-state index in [-0.39, 0.29) is 0 Å². The van der Waals surface area contributed by atoms with Gasteiger partial charge in [-0.15, -0.1) is 9.05 Å². The molecule has 146 valence electrons. The molecular weight excluding hydrogens is 358 g/mol. The normalized spacial score (nSPS) is 26.6. The van der Waals surface area contributed by atoms with Gasteiger partial charge in [-0.1, -0.05) is 66.2 Å². The molecule has 0 radical (unpaired) electrons. The second kappa shape index (κ2) is 11.7. The molecule has 1 aliphatic rings. The highest BCUT2D eigenvalue weighted by molar-refractivity contribution is 7.47. The van der Waals surface area contributed by atoms with Gasteiger partial charge in [-0.05, 0) is 38.5 Å². The zero-order valence-electron chi connectivity index (χ0n) is 16.4. The van der Waals surface area contributed by atoms with Crippen LogP contribution in [0.15, 0.2) is 0 Å². The summed E-state index contributed by atoms with van der Waals surface area (Å²) in [5.74, 6) is 0. The molecule has 0 bridgehead atoms. The minimum absolute atomic E-state index is 0.462. The summed E-state index contributed by atoms with van der Waals surface area (Å²) in [6.07, 6.45) is 11.6. The van der Waals surface area contributed by atoms with Crippen LogP contribution in [0.4, 0.5) is 0 Å². The van der Waals surface area contributed by atoms with E-state index in [9.17, 15) is 9.13 Å². The van der Waals surface area contributed by atoms with Crippen molar-refractivity contribution in [3.63, 3.8) is 0 Å². The lowest BCUT2D eigenvalue weighted by atomic mass is 9.89. The van der Waals surface area contributed by atoms with Crippen LogP contribution in [0.3, 0.4) is 0 Å². The third-order valence-corrected chi connectivity index (χ3v) is 7.90. The van der Waals surface area contributed by atoms with Crippen molar-refractivity contribution in [2.45, 2.75) is 116 Å². The second-order valence-electron chi connectivity index (χ2n) is 7.11. The fourth-order valence-corrected chi connectivity index (χ4v) is 5.60. The zero-order chi connectivity index (χ0) is 18.8. The van der Waals surface area contributed by atoms with Crippen LogP contribution in [0.5, 0.6) is 0 Å². The van der Waals surface area contributed by atoms with Crippen LogP contribution in [-0.4, -0.2) is 11.2 Å². The van der Waals surface area contributed by atoms with Crippen molar-refractivity contribution >= 4 is 16.5 Å². The highest BCUT2D eigenvalue weighted by Gasteiger charge is 2.50. The molecule has 2 unspecified atom stereocenters. The quantitative estimate of drug-likeness (QED) is 0.459. The molecule has 5 nitrogen and oxygen atoms in total. The zero-order valence-corrected chi connectivity index (χ0v) is 18.2. The van der Waals surface area contributed by atoms with E-state index in [4.69, 9.17) is 13.4 Å². The third kappa shape index (κ3) is 7.69. The van der Waals surface area contributed by atoms with Gasteiger partial charge in [-0.3, -0.25) is 0 Å². The molecule has 0 aromatic rings. The van der Waals surface area contributed by atoms with Crippen LogP contribution in [0.2, 0.25) is 0 Å². The molecule has 0 aliphatic carbocycles. The maximum absolute atomic E-state index is 12.3. The van der Waals surface area contributed by atoms with Crippen molar-refractivity contribution < 1.29 is 22.5 Å². The van der Waals surface area contributed by atoms with E-state index in [1.54, 1.807) is 0 Å². The van der Waals surface area contributed by atoms with Gasteiger partial charge in [-0.25, -0.2) is 0 Å². The maximum atomic E-state index is 12.3. The van der Waals surface area contributed by atoms with E-state index in [1.165, 1.54) is 25.7 Å². The average molecular weight is 394 g/mol. The van der Waals surface area contributed by atoms with E-state index < -0.39 is 27.7 Å². The standard InChI is InChI=1S/C18H36O5P2/c1-5-17(6-2)15-13-11-9-10-12-14-16-18(7-3,8-4)22-25(20)23-24(19)21-17/h5-16H2,1-4H3/q+2. The monoisotopic (exact) mass is 394 g/mol. The first-order valence-corrected chi connectivity index (χ1v) is 12.1. The Labute approximate surface area is 155 Å². The molecular formula is C18H36O5P2+2. The summed E-state index contributed by atoms with van der Waals surface area (Å²) in [5.41, 5.74) is -0.924. The van der Waals surface area contributed by atoms with E-state index in [2.05, 4.69) is 0 Å². The molecule has 1 heterocycles. The minimum Gasteiger partial charge on any atom is -0.110 e. The largest absolute Gasteiger partial charge is 0.748 e. The third-order valence-electron chi connectivity index (χ3n) is 5.76. The van der Waals surface area contributed by atoms with Gasteiger partial charge in [0.05, 0.1) is 0 Å². The Morgan fingerprint density at radius 3 is 1.28 bits per heavy atom. The van der Waals surface area contributed by atoms with Crippen LogP contribution in [-0.2, 0) is 22.5 Å². The molecule has 0 amide bonds. The van der Waals surface area contributed by atoms with E-state index in [0.29, 0.717) is 0 Å². The number of hydrogen-bond acceptors (Lipinski definition) is 5. The van der Waals surface area contributed by atoms with Crippen molar-refractivity contribution in [3.8, 4) is 0 Å². The van der Waals surface area contributed by atoms with Crippen molar-refractivity contribution in [2.75, 3.05) is 0 Å². The molecule has 0 aromatic heterocycles. The second-order valence-corrected chi connectivity index (χ2v) is 9.03. The van der Waals surface area contributed by atoms with Crippen LogP contribution in [0, 0.1) is 0 Å². The lowest BCUT2D eigenvalue weighted by molar-refractivity contribution is 0.0339. The lowest BCUT2D eigenvalue weighted by Gasteiger charge is -2.24. The molecule has 0 saturated carbocycles. The first-order chi connectivity index (χ1) is 11.9. The summed E-state index contributed by atoms with van der Waals surface area (Å²) in [7, 11) is -4.91. The number of rotatable bonds is 4. The molecule has 1 rings (SSSR count). The molecule has 0 spiro atoms. The van der Waals surface area contributed by atoms with Crippen LogP contribution < -0.4 is 0 Å². The molecule has 25 heavy (non-hydrogen) atoms. The molecule has 1 saturated heterocycles. The minimum atomic E-state index is -2.46. The van der Waals surface area contributed by atoms with Gasteiger partial charge in [0, 0.05) is 9.13 Å². The highest BCUT2D eigenvalue weighted by atomic mass is 31.2. The molecule has 0 N–H and O–H groups in total. The highest BCUT2D eigenvalue weighted by Crippen LogP contribution is 2.49. The summed E-state index contributed by atoms with van der Waals surface area (Å²) in [5, 5.41) is 0. The summed E-state index contributed by atoms with van der Waals surface area (Å²) < 4.78 is 41.2. The lowest BCUT2D eigenvalue weighted by Crippen LogP contribution is -2.29. The van der Waals surface area contributed by atoms with Crippen molar-refractivity contribution in [1.29, 1.82) is 0 Å². The molecule has 7 heteroatoms. The predicted octanol–water partition coefficient (Wildman–Crippen LogP) is 7.60. The molecule has 2 atom stereocenters. The van der Waals surface area contributed by atoms with Gasteiger partial charge in [0.25, 0.3) is 0 Å². The summed E-state index contributed by atoms with van der Waals surface area (Å²) in [4.78, 5) is 0. The van der Waals surface area contributed by atoms with Crippen molar-refractivity contribution in [1.82, 2.24) is 0 Å². The Morgan fingerprint density at radius 1 is 0.640 bits per heavy atom. The molecule has 1 aliphatic heterocycles. The van der Waals surface area contributed by atoms with E-state index >= 15 is 0 Å². The maximum Gasteiger partial charge on any atom is 0.748 e. The topological polar surface area (TPSA) is 61.8 Å². The van der Waals surface area contributed by atoms with Gasteiger partial charge < -0.3 is 0 Å². The smallest absolute Gasteiger partial charge is 0.110 e. The predicted molar refractivity (Wildman–Crippen MR) is 102 cm³/mol. The van der Waals surface area contributed by atoms with Gasteiger partial charge >= 0.3 is 16.5 Å². The molecule has 1 fully saturated rings. The Bertz CT molecular complexity index is 382. The molecule has 0 aromatic carbocycles. The first-order valence-electron chi connectivity index (χ1n) is 9.95. The Hall–Kier alpha value is 0.0800. The Kier molecular flexibility index (Phi) is 10.8. The Morgan fingerprint density at radius 2 is 0.960 bits per heavy atom. The van der Waals surface area contributed by atoms with Gasteiger partial charge in [0.2, 0.25) is 0 Å². The fraction of sp³-hybridized carbons (Fsp3) is 1.00. The van der Waals surface area contributed by atoms with Crippen molar-refractivity contribution in [3.05, 3.63) is 0 Å². The van der Waals surface area contributed by atoms with Gasteiger partial charge in [0.1, 0.15) is 11.2 Å². The summed E-state index contributed by atoms with van der Waals surface area (Å²) in [6, 6.07) is 0. The van der Waals surface area contributed by atoms with Gasteiger partial charge in [-0.2, -0.15) is 0 Å². The van der Waals surface area contributed by atoms with Gasteiger partial charge in [0.15, 0.2) is 4.31 Å². The van der Waals surface area contributed by atoms with Crippen LogP contribution in [0.1, 0.15) is 105 Å². The Balaban J connectivity index is 2.87. The first kappa shape index (κ1) is 23.1. The van der Waals surface area contributed by atoms with E-state index in [0.717, 1.165) is 51.4 Å². The summed E-state index contributed by atoms with van der Waals surface area (Å²) in [6.45, 7) is 8.15. The number of hydrogen-bond donors (Lipinski definition) is 0. The van der Waals surface area contributed by atoms with Crippen LogP contribution in [0.25, 0.3) is 0 Å².